The average Bonchev–Trinajstić information content (AvgIpc) is 2.48. The molecule has 2 aliphatic heterocycles. The summed E-state index contributed by atoms with van der Waals surface area (Å²) in [5.41, 5.74) is 7.37. The third-order valence-corrected chi connectivity index (χ3v) is 5.13. The average molecular weight is 360 g/mol. The molecule has 130 valence electrons. The van der Waals surface area contributed by atoms with E-state index in [-0.39, 0.29) is 30.7 Å². The van der Waals surface area contributed by atoms with Gasteiger partial charge in [0, 0.05) is 30.2 Å². The molecule has 0 aliphatic carbocycles. The predicted molar refractivity (Wildman–Crippen MR) is 98.5 cm³/mol. The van der Waals surface area contributed by atoms with Crippen molar-refractivity contribution in [1.82, 2.24) is 10.2 Å². The molecule has 2 bridgehead atoms. The second-order valence-electron chi connectivity index (χ2n) is 6.45. The van der Waals surface area contributed by atoms with Crippen LogP contribution in [0.1, 0.15) is 48.0 Å². The van der Waals surface area contributed by atoms with Crippen LogP contribution in [0.2, 0.25) is 0 Å². The Hall–Kier alpha value is -0.810. The van der Waals surface area contributed by atoms with E-state index in [1.54, 1.807) is 0 Å². The summed E-state index contributed by atoms with van der Waals surface area (Å²) in [5, 5.41) is 3.22. The summed E-state index contributed by atoms with van der Waals surface area (Å²) in [4.78, 5) is 14.9. The molecular formula is C17H27Cl2N3O. The van der Waals surface area contributed by atoms with E-state index in [0.717, 1.165) is 24.0 Å². The summed E-state index contributed by atoms with van der Waals surface area (Å²) in [7, 11) is 2.23. The van der Waals surface area contributed by atoms with E-state index in [1.807, 2.05) is 24.3 Å². The van der Waals surface area contributed by atoms with E-state index in [0.29, 0.717) is 24.7 Å². The van der Waals surface area contributed by atoms with Gasteiger partial charge in [-0.05, 0) is 50.4 Å². The Morgan fingerprint density at radius 3 is 2.26 bits per heavy atom. The van der Waals surface area contributed by atoms with Crippen molar-refractivity contribution in [2.24, 2.45) is 5.73 Å². The zero-order valence-electron chi connectivity index (χ0n) is 13.5. The van der Waals surface area contributed by atoms with Gasteiger partial charge in [0.15, 0.2) is 0 Å². The molecule has 6 heteroatoms. The molecule has 2 unspecified atom stereocenters. The van der Waals surface area contributed by atoms with Crippen LogP contribution < -0.4 is 11.1 Å². The van der Waals surface area contributed by atoms with E-state index in [2.05, 4.69) is 17.3 Å². The maximum atomic E-state index is 12.4. The standard InChI is InChI=1S/C17H25N3O.2ClH/c1-20-15-3-2-4-16(20)10-14(9-15)19-17(21)13-7-5-12(11-18)6-8-13;;/h5-8,14-16H,2-4,9-11,18H2,1H3,(H,19,21);2*1H. The first-order chi connectivity index (χ1) is 10.2. The number of piperidine rings is 2. The number of carbonyl (C=O) groups is 1. The summed E-state index contributed by atoms with van der Waals surface area (Å²) in [6.07, 6.45) is 6.04. The number of fused-ring (bicyclic) bond motifs is 2. The van der Waals surface area contributed by atoms with E-state index in [9.17, 15) is 4.79 Å². The fourth-order valence-corrected chi connectivity index (χ4v) is 3.79. The normalized spacial score (nSPS) is 26.6. The molecule has 3 rings (SSSR count). The number of carbonyl (C=O) groups excluding carboxylic acids is 1. The number of hydrogen-bond acceptors (Lipinski definition) is 3. The van der Waals surface area contributed by atoms with Gasteiger partial charge in [0.05, 0.1) is 0 Å². The van der Waals surface area contributed by atoms with Crippen LogP contribution in [0.3, 0.4) is 0 Å². The number of benzene rings is 1. The van der Waals surface area contributed by atoms with Gasteiger partial charge in [-0.15, -0.1) is 24.8 Å². The van der Waals surface area contributed by atoms with Crippen LogP contribution >= 0.6 is 24.8 Å². The van der Waals surface area contributed by atoms with Gasteiger partial charge in [0.2, 0.25) is 0 Å². The van der Waals surface area contributed by atoms with Gasteiger partial charge >= 0.3 is 0 Å². The van der Waals surface area contributed by atoms with Crippen LogP contribution in [0.4, 0.5) is 0 Å². The van der Waals surface area contributed by atoms with Crippen molar-refractivity contribution in [3.8, 4) is 0 Å². The Morgan fingerprint density at radius 1 is 1.17 bits per heavy atom. The number of nitrogens with zero attached hydrogens (tertiary/aromatic N) is 1. The van der Waals surface area contributed by atoms with Crippen molar-refractivity contribution in [2.75, 3.05) is 7.05 Å². The highest BCUT2D eigenvalue weighted by Crippen LogP contribution is 2.32. The molecule has 0 aromatic heterocycles. The van der Waals surface area contributed by atoms with E-state index < -0.39 is 0 Å². The van der Waals surface area contributed by atoms with Crippen LogP contribution in [0.5, 0.6) is 0 Å². The van der Waals surface area contributed by atoms with Gasteiger partial charge in [-0.3, -0.25) is 4.79 Å². The van der Waals surface area contributed by atoms with Crippen molar-refractivity contribution in [1.29, 1.82) is 0 Å². The summed E-state index contributed by atoms with van der Waals surface area (Å²) in [6, 6.07) is 9.19. The lowest BCUT2D eigenvalue weighted by molar-refractivity contribution is 0.0463. The highest BCUT2D eigenvalue weighted by molar-refractivity contribution is 5.94. The number of nitrogens with one attached hydrogen (secondary N) is 1. The number of halogens is 2. The fourth-order valence-electron chi connectivity index (χ4n) is 3.79. The molecule has 4 nitrogen and oxygen atoms in total. The van der Waals surface area contributed by atoms with Gasteiger partial charge < -0.3 is 16.0 Å². The lowest BCUT2D eigenvalue weighted by Gasteiger charge is -2.47. The molecule has 0 radical (unpaired) electrons. The molecule has 0 saturated carbocycles. The summed E-state index contributed by atoms with van der Waals surface area (Å²) < 4.78 is 0. The Balaban J connectivity index is 0.00000132. The number of amides is 1. The minimum absolute atomic E-state index is 0. The third kappa shape index (κ3) is 4.60. The first-order valence-corrected chi connectivity index (χ1v) is 7.99. The largest absolute Gasteiger partial charge is 0.349 e. The van der Waals surface area contributed by atoms with Crippen molar-refractivity contribution in [3.05, 3.63) is 35.4 Å². The molecular weight excluding hydrogens is 333 g/mol. The molecule has 2 aliphatic rings. The first-order valence-electron chi connectivity index (χ1n) is 7.99. The van der Waals surface area contributed by atoms with Crippen molar-refractivity contribution in [2.45, 2.75) is 56.8 Å². The van der Waals surface area contributed by atoms with E-state index in [4.69, 9.17) is 5.73 Å². The smallest absolute Gasteiger partial charge is 0.251 e. The second kappa shape index (κ2) is 8.88. The summed E-state index contributed by atoms with van der Waals surface area (Å²) in [6.45, 7) is 0.514. The SMILES string of the molecule is CN1C2CCCC1CC(NC(=O)c1ccc(CN)cc1)C2.Cl.Cl. The highest BCUT2D eigenvalue weighted by atomic mass is 35.5. The zero-order valence-corrected chi connectivity index (χ0v) is 15.2. The lowest BCUT2D eigenvalue weighted by Crippen LogP contribution is -2.55. The number of rotatable bonds is 3. The molecule has 2 heterocycles. The third-order valence-electron chi connectivity index (χ3n) is 5.13. The number of hydrogen-bond donors (Lipinski definition) is 2. The summed E-state index contributed by atoms with van der Waals surface area (Å²) >= 11 is 0. The van der Waals surface area contributed by atoms with Gasteiger partial charge in [0.25, 0.3) is 5.91 Å². The van der Waals surface area contributed by atoms with Crippen molar-refractivity contribution >= 4 is 30.7 Å². The quantitative estimate of drug-likeness (QED) is 0.872. The van der Waals surface area contributed by atoms with Crippen LogP contribution in [0.25, 0.3) is 0 Å². The Labute approximate surface area is 151 Å². The van der Waals surface area contributed by atoms with Crippen molar-refractivity contribution in [3.63, 3.8) is 0 Å². The molecule has 3 N–H and O–H groups in total. The van der Waals surface area contributed by atoms with Crippen LogP contribution in [0, 0.1) is 0 Å². The topological polar surface area (TPSA) is 58.4 Å². The van der Waals surface area contributed by atoms with Gasteiger partial charge in [0.1, 0.15) is 0 Å². The Bertz CT molecular complexity index is 495. The molecule has 2 saturated heterocycles. The molecule has 1 aromatic carbocycles. The minimum atomic E-state index is 0. The molecule has 2 atom stereocenters. The lowest BCUT2D eigenvalue weighted by atomic mass is 9.82. The molecule has 0 spiro atoms. The molecule has 2 fully saturated rings. The number of nitrogens with two attached hydrogens (primary N) is 1. The molecule has 23 heavy (non-hydrogen) atoms. The Kier molecular flexibility index (Phi) is 7.81. The van der Waals surface area contributed by atoms with Crippen molar-refractivity contribution < 1.29 is 4.79 Å². The van der Waals surface area contributed by atoms with Gasteiger partial charge in [-0.1, -0.05) is 18.6 Å². The van der Waals surface area contributed by atoms with Crippen LogP contribution in [0.15, 0.2) is 24.3 Å². The zero-order chi connectivity index (χ0) is 14.8. The minimum Gasteiger partial charge on any atom is -0.349 e. The Morgan fingerprint density at radius 2 is 1.74 bits per heavy atom. The van der Waals surface area contributed by atoms with E-state index >= 15 is 0 Å². The highest BCUT2D eigenvalue weighted by Gasteiger charge is 2.36. The van der Waals surface area contributed by atoms with Gasteiger partial charge in [-0.25, -0.2) is 0 Å². The maximum absolute atomic E-state index is 12.4. The molecule has 1 amide bonds. The monoisotopic (exact) mass is 359 g/mol. The first kappa shape index (κ1) is 20.2. The summed E-state index contributed by atoms with van der Waals surface area (Å²) in [5.74, 6) is 0.0474. The molecule has 1 aromatic rings. The van der Waals surface area contributed by atoms with Gasteiger partial charge in [-0.2, -0.15) is 0 Å². The van der Waals surface area contributed by atoms with Crippen LogP contribution in [-0.4, -0.2) is 36.0 Å². The van der Waals surface area contributed by atoms with Crippen LogP contribution in [-0.2, 0) is 6.54 Å². The predicted octanol–water partition coefficient (Wildman–Crippen LogP) is 2.73. The second-order valence-corrected chi connectivity index (χ2v) is 6.45. The maximum Gasteiger partial charge on any atom is 0.251 e. The fraction of sp³-hybridized carbons (Fsp3) is 0.588. The van der Waals surface area contributed by atoms with E-state index in [1.165, 1.54) is 19.3 Å².